The molecule has 2 rings (SSSR count). The van der Waals surface area contributed by atoms with Crippen LogP contribution in [0.25, 0.3) is 0 Å². The van der Waals surface area contributed by atoms with Crippen molar-refractivity contribution >= 4 is 5.78 Å². The Morgan fingerprint density at radius 3 is 2.90 bits per heavy atom. The van der Waals surface area contributed by atoms with Crippen LogP contribution in [0.1, 0.15) is 44.8 Å². The average Bonchev–Trinajstić information content (AvgIpc) is 2.76. The molecule has 118 valence electrons. The van der Waals surface area contributed by atoms with Gasteiger partial charge in [-0.05, 0) is 38.4 Å². The van der Waals surface area contributed by atoms with E-state index < -0.39 is 0 Å². The number of nitrogens with one attached hydrogen (secondary N) is 1. The Bertz CT molecular complexity index is 431. The van der Waals surface area contributed by atoms with Crippen molar-refractivity contribution in [3.63, 3.8) is 0 Å². The molecule has 21 heavy (non-hydrogen) atoms. The molecule has 0 saturated carbocycles. The van der Waals surface area contributed by atoms with Crippen molar-refractivity contribution in [3.05, 3.63) is 18.0 Å². The number of nitrogens with zero attached hydrogens (tertiary/aromatic N) is 3. The summed E-state index contributed by atoms with van der Waals surface area (Å²) in [5, 5.41) is 7.93. The zero-order valence-corrected chi connectivity index (χ0v) is 13.3. The third-order valence-corrected chi connectivity index (χ3v) is 4.19. The molecule has 1 aromatic heterocycles. The summed E-state index contributed by atoms with van der Waals surface area (Å²) in [6.45, 7) is 8.93. The maximum atomic E-state index is 12.2. The molecule has 5 heteroatoms. The number of carbonyl (C=O) groups excluding carboxylic acids is 1. The lowest BCUT2D eigenvalue weighted by molar-refractivity contribution is -0.119. The fraction of sp³-hybridized carbons (Fsp3) is 0.750. The topological polar surface area (TPSA) is 50.2 Å². The molecular weight excluding hydrogens is 264 g/mol. The van der Waals surface area contributed by atoms with Gasteiger partial charge in [0.2, 0.25) is 0 Å². The smallest absolute Gasteiger partial charge is 0.152 e. The van der Waals surface area contributed by atoms with E-state index in [-0.39, 0.29) is 5.78 Å². The van der Waals surface area contributed by atoms with Crippen LogP contribution >= 0.6 is 0 Å². The first kappa shape index (κ1) is 16.2. The SMILES string of the molecule is CCC(CC)n1ccc(CC(=O)CN2CCCNCC2)n1. The maximum absolute atomic E-state index is 12.2. The van der Waals surface area contributed by atoms with Crippen LogP contribution in [0.5, 0.6) is 0 Å². The number of hydrogen-bond donors (Lipinski definition) is 1. The third kappa shape index (κ3) is 4.93. The Morgan fingerprint density at radius 2 is 2.14 bits per heavy atom. The minimum atomic E-state index is 0.270. The second kappa shape index (κ2) is 8.29. The molecule has 0 radical (unpaired) electrons. The van der Waals surface area contributed by atoms with Crippen LogP contribution in [-0.4, -0.2) is 53.2 Å². The molecule has 0 amide bonds. The van der Waals surface area contributed by atoms with E-state index in [0.29, 0.717) is 19.0 Å². The Labute approximate surface area is 127 Å². The van der Waals surface area contributed by atoms with Gasteiger partial charge in [0.05, 0.1) is 24.7 Å². The predicted octanol–water partition coefficient (Wildman–Crippen LogP) is 1.65. The highest BCUT2D eigenvalue weighted by Crippen LogP contribution is 2.14. The molecule has 2 heterocycles. The second-order valence-electron chi connectivity index (χ2n) is 5.85. The van der Waals surface area contributed by atoms with Crippen LogP contribution in [0.4, 0.5) is 0 Å². The van der Waals surface area contributed by atoms with E-state index in [4.69, 9.17) is 0 Å². The largest absolute Gasteiger partial charge is 0.315 e. The molecule has 0 atom stereocenters. The molecule has 1 aromatic rings. The lowest BCUT2D eigenvalue weighted by Crippen LogP contribution is -2.33. The zero-order chi connectivity index (χ0) is 15.1. The van der Waals surface area contributed by atoms with Crippen LogP contribution in [-0.2, 0) is 11.2 Å². The summed E-state index contributed by atoms with van der Waals surface area (Å²) in [6.07, 6.45) is 5.74. The Kier molecular flexibility index (Phi) is 6.39. The molecule has 0 bridgehead atoms. The van der Waals surface area contributed by atoms with Crippen LogP contribution in [0.2, 0.25) is 0 Å². The zero-order valence-electron chi connectivity index (χ0n) is 13.3. The molecule has 1 saturated heterocycles. The number of aromatic nitrogens is 2. The van der Waals surface area contributed by atoms with Gasteiger partial charge in [-0.25, -0.2) is 0 Å². The molecule has 0 aromatic carbocycles. The summed E-state index contributed by atoms with van der Waals surface area (Å²) in [7, 11) is 0. The van der Waals surface area contributed by atoms with E-state index in [0.717, 1.165) is 51.1 Å². The first-order valence-electron chi connectivity index (χ1n) is 8.21. The Morgan fingerprint density at radius 1 is 1.33 bits per heavy atom. The Hall–Kier alpha value is -1.20. The van der Waals surface area contributed by atoms with Crippen LogP contribution in [0.15, 0.2) is 12.3 Å². The summed E-state index contributed by atoms with van der Waals surface area (Å²) in [5.41, 5.74) is 0.903. The number of carbonyl (C=O) groups is 1. The normalized spacial score (nSPS) is 17.1. The Balaban J connectivity index is 1.84. The van der Waals surface area contributed by atoms with Crippen molar-refractivity contribution in [2.75, 3.05) is 32.7 Å². The van der Waals surface area contributed by atoms with Gasteiger partial charge in [-0.2, -0.15) is 5.10 Å². The molecule has 1 N–H and O–H groups in total. The summed E-state index contributed by atoms with van der Waals surface area (Å²) < 4.78 is 2.01. The van der Waals surface area contributed by atoms with Crippen molar-refractivity contribution in [1.82, 2.24) is 20.0 Å². The quantitative estimate of drug-likeness (QED) is 0.830. The highest BCUT2D eigenvalue weighted by Gasteiger charge is 2.15. The molecule has 0 aliphatic carbocycles. The van der Waals surface area contributed by atoms with Gasteiger partial charge >= 0.3 is 0 Å². The van der Waals surface area contributed by atoms with Crippen LogP contribution in [0, 0.1) is 0 Å². The predicted molar refractivity (Wildman–Crippen MR) is 84.5 cm³/mol. The van der Waals surface area contributed by atoms with Gasteiger partial charge < -0.3 is 5.32 Å². The highest BCUT2D eigenvalue weighted by molar-refractivity contribution is 5.82. The molecular formula is C16H28N4O. The van der Waals surface area contributed by atoms with E-state index >= 15 is 0 Å². The van der Waals surface area contributed by atoms with Crippen LogP contribution in [0.3, 0.4) is 0 Å². The molecule has 1 fully saturated rings. The van der Waals surface area contributed by atoms with E-state index in [1.165, 1.54) is 0 Å². The first-order valence-corrected chi connectivity index (χ1v) is 8.21. The van der Waals surface area contributed by atoms with Gasteiger partial charge in [0.15, 0.2) is 5.78 Å². The fourth-order valence-corrected chi connectivity index (χ4v) is 2.90. The number of hydrogen-bond acceptors (Lipinski definition) is 4. The number of ketones is 1. The molecule has 0 spiro atoms. The summed E-state index contributed by atoms with van der Waals surface area (Å²) in [4.78, 5) is 14.4. The number of rotatable bonds is 7. The van der Waals surface area contributed by atoms with E-state index in [9.17, 15) is 4.79 Å². The van der Waals surface area contributed by atoms with Gasteiger partial charge in [0.25, 0.3) is 0 Å². The molecule has 1 aliphatic heterocycles. The van der Waals surface area contributed by atoms with Gasteiger partial charge in [-0.15, -0.1) is 0 Å². The minimum absolute atomic E-state index is 0.270. The molecule has 0 unspecified atom stereocenters. The molecule has 5 nitrogen and oxygen atoms in total. The van der Waals surface area contributed by atoms with Crippen molar-refractivity contribution in [3.8, 4) is 0 Å². The van der Waals surface area contributed by atoms with Crippen molar-refractivity contribution in [2.45, 2.75) is 45.6 Å². The van der Waals surface area contributed by atoms with Crippen molar-refractivity contribution < 1.29 is 4.79 Å². The second-order valence-corrected chi connectivity index (χ2v) is 5.85. The third-order valence-electron chi connectivity index (χ3n) is 4.19. The number of Topliss-reactive ketones (excluding diaryl/α,β-unsaturated/α-hetero) is 1. The van der Waals surface area contributed by atoms with Gasteiger partial charge in [-0.1, -0.05) is 13.8 Å². The molecule has 1 aliphatic rings. The summed E-state index contributed by atoms with van der Waals surface area (Å²) in [6, 6.07) is 2.44. The monoisotopic (exact) mass is 292 g/mol. The van der Waals surface area contributed by atoms with Gasteiger partial charge in [-0.3, -0.25) is 14.4 Å². The fourth-order valence-electron chi connectivity index (χ4n) is 2.90. The summed E-state index contributed by atoms with van der Waals surface area (Å²) in [5.74, 6) is 0.270. The standard InChI is InChI=1S/C16H28N4O/c1-3-15(4-2)20-10-6-14(18-20)12-16(21)13-19-9-5-7-17-8-11-19/h6,10,15,17H,3-5,7-9,11-13H2,1-2H3. The van der Waals surface area contributed by atoms with Crippen LogP contribution < -0.4 is 5.32 Å². The van der Waals surface area contributed by atoms with E-state index in [1.54, 1.807) is 0 Å². The van der Waals surface area contributed by atoms with Gasteiger partial charge in [0.1, 0.15) is 0 Å². The minimum Gasteiger partial charge on any atom is -0.315 e. The van der Waals surface area contributed by atoms with Crippen molar-refractivity contribution in [2.24, 2.45) is 0 Å². The van der Waals surface area contributed by atoms with Crippen molar-refractivity contribution in [1.29, 1.82) is 0 Å². The van der Waals surface area contributed by atoms with E-state index in [2.05, 4.69) is 29.2 Å². The highest BCUT2D eigenvalue weighted by atomic mass is 16.1. The first-order chi connectivity index (χ1) is 10.2. The summed E-state index contributed by atoms with van der Waals surface area (Å²) >= 11 is 0. The van der Waals surface area contributed by atoms with Gasteiger partial charge in [0, 0.05) is 19.3 Å². The lowest BCUT2D eigenvalue weighted by Gasteiger charge is -2.17. The van der Waals surface area contributed by atoms with E-state index in [1.807, 2.05) is 16.9 Å². The maximum Gasteiger partial charge on any atom is 0.152 e. The lowest BCUT2D eigenvalue weighted by atomic mass is 10.2. The average molecular weight is 292 g/mol.